The van der Waals surface area contributed by atoms with E-state index >= 15 is 0 Å². The second-order valence-corrected chi connectivity index (χ2v) is 5.31. The standard InChI is InChI=1S/C18H25NO5/c1-14(8-7-11-17(20)22-2)16(19-18(21)23-3)13-24-12-15-9-5-4-6-10-15/h4-10,14,16H,11-13H2,1-3H3,(H,19,21)/b8-7+/t14-,16-/m0/s1. The highest BCUT2D eigenvalue weighted by Crippen LogP contribution is 2.09. The predicted molar refractivity (Wildman–Crippen MR) is 90.4 cm³/mol. The summed E-state index contributed by atoms with van der Waals surface area (Å²) in [6.07, 6.45) is 3.25. The molecule has 1 rings (SSSR count). The van der Waals surface area contributed by atoms with Gasteiger partial charge in [0.1, 0.15) is 0 Å². The third-order valence-corrected chi connectivity index (χ3v) is 3.48. The van der Waals surface area contributed by atoms with Gasteiger partial charge in [0.25, 0.3) is 0 Å². The first-order valence-electron chi connectivity index (χ1n) is 7.76. The minimum atomic E-state index is -0.517. The number of carbonyl (C=O) groups is 2. The number of hydrogen-bond acceptors (Lipinski definition) is 5. The van der Waals surface area contributed by atoms with Crippen LogP contribution < -0.4 is 5.32 Å². The Morgan fingerprint density at radius 1 is 1.17 bits per heavy atom. The lowest BCUT2D eigenvalue weighted by Gasteiger charge is -2.22. The van der Waals surface area contributed by atoms with Gasteiger partial charge in [-0.15, -0.1) is 0 Å². The number of ether oxygens (including phenoxy) is 3. The monoisotopic (exact) mass is 335 g/mol. The Bertz CT molecular complexity index is 529. The van der Waals surface area contributed by atoms with Crippen molar-refractivity contribution in [3.63, 3.8) is 0 Å². The highest BCUT2D eigenvalue weighted by Gasteiger charge is 2.18. The molecule has 1 amide bonds. The number of benzene rings is 1. The van der Waals surface area contributed by atoms with E-state index in [1.165, 1.54) is 14.2 Å². The van der Waals surface area contributed by atoms with Crippen LogP contribution in [0.2, 0.25) is 0 Å². The van der Waals surface area contributed by atoms with E-state index in [0.717, 1.165) is 5.56 Å². The van der Waals surface area contributed by atoms with Crippen LogP contribution in [0.4, 0.5) is 4.79 Å². The molecular formula is C18H25NO5. The molecular weight excluding hydrogens is 310 g/mol. The van der Waals surface area contributed by atoms with Crippen LogP contribution in [0.15, 0.2) is 42.5 Å². The number of carbonyl (C=O) groups excluding carboxylic acids is 2. The summed E-state index contributed by atoms with van der Waals surface area (Å²) in [4.78, 5) is 22.6. The molecule has 1 aromatic rings. The maximum absolute atomic E-state index is 11.5. The minimum absolute atomic E-state index is 0.0375. The topological polar surface area (TPSA) is 73.9 Å². The number of nitrogens with one attached hydrogen (secondary N) is 1. The van der Waals surface area contributed by atoms with Crippen molar-refractivity contribution < 1.29 is 23.8 Å². The van der Waals surface area contributed by atoms with Crippen molar-refractivity contribution in [1.29, 1.82) is 0 Å². The number of alkyl carbamates (subject to hydrolysis) is 1. The Morgan fingerprint density at radius 2 is 1.88 bits per heavy atom. The van der Waals surface area contributed by atoms with Crippen molar-refractivity contribution in [2.24, 2.45) is 5.92 Å². The molecule has 0 heterocycles. The van der Waals surface area contributed by atoms with Gasteiger partial charge in [-0.05, 0) is 11.5 Å². The summed E-state index contributed by atoms with van der Waals surface area (Å²) in [6.45, 7) is 2.72. The van der Waals surface area contributed by atoms with Crippen LogP contribution in [-0.4, -0.2) is 38.9 Å². The van der Waals surface area contributed by atoms with Crippen LogP contribution in [0.5, 0.6) is 0 Å². The fourth-order valence-corrected chi connectivity index (χ4v) is 2.01. The predicted octanol–water partition coefficient (Wildman–Crippen LogP) is 2.68. The SMILES string of the molecule is COC(=O)C/C=C/[C@H](C)[C@H](COCc1ccccc1)NC(=O)OC. The van der Waals surface area contributed by atoms with Gasteiger partial charge in [-0.3, -0.25) is 4.79 Å². The van der Waals surface area contributed by atoms with E-state index in [1.54, 1.807) is 6.08 Å². The lowest BCUT2D eigenvalue weighted by Crippen LogP contribution is -2.42. The van der Waals surface area contributed by atoms with Crippen molar-refractivity contribution in [3.8, 4) is 0 Å². The first-order chi connectivity index (χ1) is 11.6. The summed E-state index contributed by atoms with van der Waals surface area (Å²) in [5.41, 5.74) is 1.06. The van der Waals surface area contributed by atoms with Crippen LogP contribution in [0, 0.1) is 5.92 Å². The number of amides is 1. The molecule has 0 bridgehead atoms. The zero-order chi connectivity index (χ0) is 17.8. The smallest absolute Gasteiger partial charge is 0.407 e. The van der Waals surface area contributed by atoms with E-state index in [2.05, 4.69) is 14.8 Å². The van der Waals surface area contributed by atoms with Gasteiger partial charge in [0.15, 0.2) is 0 Å². The van der Waals surface area contributed by atoms with E-state index in [0.29, 0.717) is 13.2 Å². The number of hydrogen-bond donors (Lipinski definition) is 1. The van der Waals surface area contributed by atoms with Crippen LogP contribution in [0.1, 0.15) is 18.9 Å². The molecule has 2 atom stereocenters. The molecule has 6 heteroatoms. The lowest BCUT2D eigenvalue weighted by molar-refractivity contribution is -0.139. The molecule has 0 saturated heterocycles. The summed E-state index contributed by atoms with van der Waals surface area (Å²) in [7, 11) is 2.66. The average Bonchev–Trinajstić information content (AvgIpc) is 2.61. The quantitative estimate of drug-likeness (QED) is 0.555. The molecule has 0 fully saturated rings. The minimum Gasteiger partial charge on any atom is -0.469 e. The maximum Gasteiger partial charge on any atom is 0.407 e. The summed E-state index contributed by atoms with van der Waals surface area (Å²) in [5.74, 6) is -0.346. The van der Waals surface area contributed by atoms with Gasteiger partial charge in [0.05, 0.1) is 39.9 Å². The van der Waals surface area contributed by atoms with E-state index in [-0.39, 0.29) is 24.3 Å². The van der Waals surface area contributed by atoms with Crippen LogP contribution in [-0.2, 0) is 25.6 Å². The molecule has 132 valence electrons. The second kappa shape index (κ2) is 11.2. The molecule has 6 nitrogen and oxygen atoms in total. The first kappa shape index (κ1) is 19.7. The number of methoxy groups -OCH3 is 2. The third kappa shape index (κ3) is 7.78. The van der Waals surface area contributed by atoms with Crippen molar-refractivity contribution in [3.05, 3.63) is 48.0 Å². The molecule has 0 aliphatic heterocycles. The Balaban J connectivity index is 2.55. The molecule has 0 saturated carbocycles. The molecule has 0 unspecified atom stereocenters. The Kier molecular flexibility index (Phi) is 9.23. The number of esters is 1. The zero-order valence-electron chi connectivity index (χ0n) is 14.4. The summed E-state index contributed by atoms with van der Waals surface area (Å²) in [5, 5.41) is 2.75. The van der Waals surface area contributed by atoms with Crippen molar-refractivity contribution in [2.45, 2.75) is 26.0 Å². The van der Waals surface area contributed by atoms with E-state index in [9.17, 15) is 9.59 Å². The Morgan fingerprint density at radius 3 is 2.50 bits per heavy atom. The lowest BCUT2D eigenvalue weighted by atomic mass is 10.0. The van der Waals surface area contributed by atoms with Gasteiger partial charge in [0.2, 0.25) is 0 Å². The normalized spacial score (nSPS) is 13.3. The first-order valence-corrected chi connectivity index (χ1v) is 7.76. The van der Waals surface area contributed by atoms with E-state index < -0.39 is 6.09 Å². The second-order valence-electron chi connectivity index (χ2n) is 5.31. The van der Waals surface area contributed by atoms with E-state index in [4.69, 9.17) is 4.74 Å². The fourth-order valence-electron chi connectivity index (χ4n) is 2.01. The molecule has 0 spiro atoms. The summed E-state index contributed by atoms with van der Waals surface area (Å²) >= 11 is 0. The van der Waals surface area contributed by atoms with Gasteiger partial charge in [-0.1, -0.05) is 49.4 Å². The van der Waals surface area contributed by atoms with Crippen LogP contribution in [0.25, 0.3) is 0 Å². The molecule has 0 aromatic heterocycles. The van der Waals surface area contributed by atoms with Gasteiger partial charge < -0.3 is 19.5 Å². The van der Waals surface area contributed by atoms with Crippen LogP contribution >= 0.6 is 0 Å². The van der Waals surface area contributed by atoms with Gasteiger partial charge in [0, 0.05) is 0 Å². The van der Waals surface area contributed by atoms with E-state index in [1.807, 2.05) is 43.3 Å². The fraction of sp³-hybridized carbons (Fsp3) is 0.444. The molecule has 1 aromatic carbocycles. The molecule has 0 aliphatic carbocycles. The highest BCUT2D eigenvalue weighted by molar-refractivity contribution is 5.70. The summed E-state index contributed by atoms with van der Waals surface area (Å²) < 4.78 is 14.9. The highest BCUT2D eigenvalue weighted by atomic mass is 16.5. The molecule has 24 heavy (non-hydrogen) atoms. The summed E-state index contributed by atoms with van der Waals surface area (Å²) in [6, 6.07) is 9.52. The molecule has 1 N–H and O–H groups in total. The van der Waals surface area contributed by atoms with Gasteiger partial charge in [-0.2, -0.15) is 0 Å². The van der Waals surface area contributed by atoms with Crippen molar-refractivity contribution in [1.82, 2.24) is 5.32 Å². The Labute approximate surface area is 142 Å². The average molecular weight is 335 g/mol. The molecule has 0 radical (unpaired) electrons. The third-order valence-electron chi connectivity index (χ3n) is 3.48. The largest absolute Gasteiger partial charge is 0.469 e. The van der Waals surface area contributed by atoms with Gasteiger partial charge in [-0.25, -0.2) is 4.79 Å². The zero-order valence-corrected chi connectivity index (χ0v) is 14.4. The van der Waals surface area contributed by atoms with Gasteiger partial charge >= 0.3 is 12.1 Å². The van der Waals surface area contributed by atoms with Crippen LogP contribution in [0.3, 0.4) is 0 Å². The van der Waals surface area contributed by atoms with Crippen molar-refractivity contribution in [2.75, 3.05) is 20.8 Å². The maximum atomic E-state index is 11.5. The van der Waals surface area contributed by atoms with Crippen molar-refractivity contribution >= 4 is 12.1 Å². The Hall–Kier alpha value is -2.34. The molecule has 0 aliphatic rings. The number of rotatable bonds is 9.